The molecule has 0 radical (unpaired) electrons. The van der Waals surface area contributed by atoms with E-state index < -0.39 is 0 Å². The van der Waals surface area contributed by atoms with Crippen LogP contribution in [0.15, 0.2) is 0 Å². The summed E-state index contributed by atoms with van der Waals surface area (Å²) in [6, 6.07) is 7.79. The summed E-state index contributed by atoms with van der Waals surface area (Å²) in [7, 11) is 7.53. The average molecular weight is 1510 g/mol. The second-order valence-corrected chi connectivity index (χ2v) is 39.0. The van der Waals surface area contributed by atoms with Gasteiger partial charge in [-0.2, -0.15) is 0 Å². The van der Waals surface area contributed by atoms with Gasteiger partial charge in [-0.25, -0.2) is 0 Å². The molecule has 0 amide bonds. The van der Waals surface area contributed by atoms with Gasteiger partial charge in [0.1, 0.15) is 18.1 Å². The zero-order valence-corrected chi connectivity index (χ0v) is 73.0. The fourth-order valence-corrected chi connectivity index (χ4v) is 23.0. The van der Waals surface area contributed by atoms with Gasteiger partial charge in [0.25, 0.3) is 0 Å². The molecular weight excluding hydrogens is 1390 g/mol. The molecule has 18 aliphatic rings. The first-order chi connectivity index (χ1) is 48.6. The Labute approximate surface area is 609 Å². The van der Waals surface area contributed by atoms with Crippen molar-refractivity contribution in [3.8, 4) is 0 Å². The number of rotatable bonds is 24. The van der Waals surface area contributed by atoms with Gasteiger partial charge >= 0.3 is 35.8 Å². The normalized spacial score (nSPS) is 44.2. The molecule has 18 fully saturated rings. The maximum absolute atomic E-state index is 11.9. The number of carbonyl (C=O) groups excluding carboxylic acids is 6. The van der Waals surface area contributed by atoms with Gasteiger partial charge in [-0.15, -0.1) is 0 Å². The Morgan fingerprint density at radius 2 is 0.840 bits per heavy atom. The molecule has 12 bridgehead atoms. The molecule has 14 heterocycles. The molecule has 28 heteroatoms. The summed E-state index contributed by atoms with van der Waals surface area (Å²) in [5, 5.41) is 0. The van der Waals surface area contributed by atoms with Crippen LogP contribution in [0.1, 0.15) is 141 Å². The molecule has 0 aromatic carbocycles. The SMILES string of the molecule is O=C1CC2(CO1)CC1CC(OCCC[SiH3])C2O1.O=C1CC2(CO1)CC1CC2CC1OCCC[SiH3].O=C1OCC2C3CC(OCCC[SiH3])C(O3)C12.O=C1OCC2C3OC(CC3OCCC[SiH3])C12.O=C1OCCC12CC1CC(OCCC[SiH3])C2O1.O=C1OCCC12CC1CC2CC1OCCC[SiH3]. The van der Waals surface area contributed by atoms with Crippen LogP contribution in [-0.4, -0.2) is 262 Å². The molecule has 0 aromatic rings. The van der Waals surface area contributed by atoms with Gasteiger partial charge in [0.05, 0.1) is 142 Å². The highest BCUT2D eigenvalue weighted by Gasteiger charge is 2.67. The maximum atomic E-state index is 11.9. The van der Waals surface area contributed by atoms with Crippen LogP contribution >= 0.6 is 0 Å². The lowest BCUT2D eigenvalue weighted by molar-refractivity contribution is -0.152. The van der Waals surface area contributed by atoms with E-state index in [4.69, 9.17) is 75.8 Å². The van der Waals surface area contributed by atoms with Gasteiger partial charge in [-0.1, -0.05) is 36.3 Å². The first-order valence-corrected chi connectivity index (χ1v) is 48.4. The molecule has 564 valence electrons. The van der Waals surface area contributed by atoms with Crippen molar-refractivity contribution in [2.24, 2.45) is 69.0 Å². The van der Waals surface area contributed by atoms with E-state index in [1.54, 1.807) is 0 Å². The summed E-state index contributed by atoms with van der Waals surface area (Å²) < 4.78 is 89.9. The highest BCUT2D eigenvalue weighted by atomic mass is 28.2. The summed E-state index contributed by atoms with van der Waals surface area (Å²) in [6.45, 7) is 8.68. The maximum Gasteiger partial charge on any atom is 0.315 e. The minimum absolute atomic E-state index is 0.00318. The fourth-order valence-electron chi connectivity index (χ4n) is 21.3. The quantitative estimate of drug-likeness (QED) is 0.0564. The lowest BCUT2D eigenvalue weighted by Gasteiger charge is -2.34. The van der Waals surface area contributed by atoms with Crippen LogP contribution in [0.3, 0.4) is 0 Å². The molecule has 26 unspecified atom stereocenters. The van der Waals surface area contributed by atoms with E-state index in [0.717, 1.165) is 136 Å². The molecule has 4 saturated carbocycles. The molecule has 14 saturated heterocycles. The van der Waals surface area contributed by atoms with E-state index in [-0.39, 0.29) is 148 Å². The zero-order chi connectivity index (χ0) is 69.8. The van der Waals surface area contributed by atoms with Gasteiger partial charge in [-0.3, -0.25) is 28.8 Å². The lowest BCUT2D eigenvalue weighted by atomic mass is 9.71. The summed E-state index contributed by atoms with van der Waals surface area (Å²) in [5.74, 6) is 2.91. The van der Waals surface area contributed by atoms with Gasteiger partial charge < -0.3 is 75.8 Å². The van der Waals surface area contributed by atoms with Crippen molar-refractivity contribution in [3.63, 3.8) is 0 Å². The Balaban J connectivity index is 0.000000108. The first kappa shape index (κ1) is 75.9. The van der Waals surface area contributed by atoms with E-state index in [1.807, 2.05) is 0 Å². The van der Waals surface area contributed by atoms with Crippen LogP contribution in [0.5, 0.6) is 0 Å². The smallest absolute Gasteiger partial charge is 0.315 e. The number of ether oxygens (including phenoxy) is 16. The molecule has 0 aromatic heterocycles. The monoisotopic (exact) mass is 1500 g/mol. The van der Waals surface area contributed by atoms with Crippen molar-refractivity contribution >= 4 is 97.3 Å². The third kappa shape index (κ3) is 15.7. The molecule has 4 spiro atoms. The molecule has 26 atom stereocenters. The molecular formula is C72H120O22Si6. The van der Waals surface area contributed by atoms with E-state index in [2.05, 4.69) is 0 Å². The van der Waals surface area contributed by atoms with Gasteiger partial charge in [0.15, 0.2) is 0 Å². The Hall–Kier alpha value is -2.28. The second kappa shape index (κ2) is 33.9. The fraction of sp³-hybridized carbons (Fsp3) is 0.917. The van der Waals surface area contributed by atoms with Crippen LogP contribution in [0.2, 0.25) is 36.3 Å². The highest BCUT2D eigenvalue weighted by molar-refractivity contribution is 6.09. The largest absolute Gasteiger partial charge is 0.465 e. The topological polar surface area (TPSA) is 250 Å². The standard InChI is InChI=1S/2C13H22O3Si.2C12H20O4Si.2C11H18O4Si/c14-12-13(2-4-16-12)8-9-6-10(13)7-11(9)15-3-1-5-17;14-12-7-13(8-16-12)6-9-4-10(13)5-11(9)15-2-1-3-17;13-11-12(2-4-15-11)7-8-6-9(10(12)16-8)14-3-1-5-17;13-10-6-12(7-15-10)5-8-4-9(11(12)16-8)14-2-1-3-17;12-11-9-6(5-14-11)10-8(4-7(9)15-10)13-2-1-3-16;12-11-9-6(5-14-11)7-4-8(10(9)15-7)13-2-1-3-16/h2*9-11H,1-8H2,17H3;8-10H,1-7H2,17H3;8-9,11H,1-7H2,17H3;2*6-10H,1-5H2,16H3. The Bertz CT molecular complexity index is 2820. The second-order valence-electron chi connectivity index (χ2n) is 33.0. The average Bonchev–Trinajstić information content (AvgIpc) is 1.62. The van der Waals surface area contributed by atoms with E-state index >= 15 is 0 Å². The first-order valence-electron chi connectivity index (χ1n) is 39.9. The number of cyclic esters (lactones) is 6. The summed E-state index contributed by atoms with van der Waals surface area (Å²) >= 11 is 0. The lowest BCUT2D eigenvalue weighted by Crippen LogP contribution is -2.45. The minimum Gasteiger partial charge on any atom is -0.465 e. The van der Waals surface area contributed by atoms with Crippen molar-refractivity contribution in [2.75, 3.05) is 79.3 Å². The number of hydrogen-bond acceptors (Lipinski definition) is 22. The summed E-state index contributed by atoms with van der Waals surface area (Å²) in [6.07, 6.45) is 25.0. The Morgan fingerprint density at radius 1 is 0.380 bits per heavy atom. The molecule has 0 N–H and O–H groups in total. The Kier molecular flexibility index (Phi) is 25.7. The van der Waals surface area contributed by atoms with Gasteiger partial charge in [0, 0.05) is 156 Å². The van der Waals surface area contributed by atoms with Crippen LogP contribution < -0.4 is 0 Å². The third-order valence-electron chi connectivity index (χ3n) is 26.6. The van der Waals surface area contributed by atoms with Crippen molar-refractivity contribution < 1.29 is 105 Å². The van der Waals surface area contributed by atoms with Crippen molar-refractivity contribution in [1.29, 1.82) is 0 Å². The van der Waals surface area contributed by atoms with Gasteiger partial charge in [-0.05, 0) is 120 Å². The molecule has 4 aliphatic carbocycles. The number of hydrogen-bond donors (Lipinski definition) is 0. The Morgan fingerprint density at radius 3 is 1.34 bits per heavy atom. The molecule has 100 heavy (non-hydrogen) atoms. The molecule has 22 nitrogen and oxygen atoms in total. The number of carbonyl (C=O) groups is 6. The predicted molar refractivity (Wildman–Crippen MR) is 387 cm³/mol. The predicted octanol–water partition coefficient (Wildman–Crippen LogP) is 0.908. The van der Waals surface area contributed by atoms with Crippen LogP contribution in [0, 0.1) is 69.0 Å². The van der Waals surface area contributed by atoms with Crippen molar-refractivity contribution in [1.82, 2.24) is 0 Å². The van der Waals surface area contributed by atoms with E-state index in [9.17, 15) is 28.8 Å². The van der Waals surface area contributed by atoms with Gasteiger partial charge in [0.2, 0.25) is 0 Å². The van der Waals surface area contributed by atoms with Crippen LogP contribution in [0.4, 0.5) is 0 Å². The van der Waals surface area contributed by atoms with Crippen LogP contribution in [-0.2, 0) is 105 Å². The minimum atomic E-state index is -0.367. The van der Waals surface area contributed by atoms with Crippen LogP contribution in [0.25, 0.3) is 0 Å². The van der Waals surface area contributed by atoms with Crippen molar-refractivity contribution in [3.05, 3.63) is 0 Å². The summed E-state index contributed by atoms with van der Waals surface area (Å²) in [4.78, 5) is 69.5. The van der Waals surface area contributed by atoms with E-state index in [1.165, 1.54) is 130 Å². The van der Waals surface area contributed by atoms with E-state index in [0.29, 0.717) is 94.3 Å². The number of fused-ring (bicyclic) bond motifs is 22. The van der Waals surface area contributed by atoms with Crippen molar-refractivity contribution in [2.45, 2.75) is 263 Å². The molecule has 14 aliphatic heterocycles. The highest BCUT2D eigenvalue weighted by Crippen LogP contribution is 2.62. The summed E-state index contributed by atoms with van der Waals surface area (Å²) in [5.41, 5.74) is -0.318. The molecule has 18 rings (SSSR count). The zero-order valence-electron chi connectivity index (χ0n) is 61.0. The third-order valence-corrected chi connectivity index (χ3v) is 30.8. The number of esters is 6.